The molecule has 4 aromatic heterocycles. The number of hydrogen-bond donors (Lipinski definition) is 3. The molecule has 1 amide bonds. The minimum Gasteiger partial charge on any atom is -0.443 e. The van der Waals surface area contributed by atoms with E-state index in [4.69, 9.17) is 4.42 Å². The Morgan fingerprint density at radius 3 is 2.62 bits per heavy atom. The van der Waals surface area contributed by atoms with E-state index < -0.39 is 17.7 Å². The van der Waals surface area contributed by atoms with Crippen LogP contribution in [-0.2, 0) is 0 Å². The third kappa shape index (κ3) is 5.39. The van der Waals surface area contributed by atoms with E-state index in [2.05, 4.69) is 31.8 Å². The molecule has 10 nitrogen and oxygen atoms in total. The fraction of sp³-hybridized carbons (Fsp3) is 0.207. The number of hydrogen-bond acceptors (Lipinski definition) is 8. The summed E-state index contributed by atoms with van der Waals surface area (Å²) >= 11 is 0. The molecular formula is C29H26FN7O3. The number of anilines is 2. The molecule has 0 bridgehead atoms. The van der Waals surface area contributed by atoms with Crippen LogP contribution in [0.15, 0.2) is 71.7 Å². The molecule has 0 aliphatic rings. The van der Waals surface area contributed by atoms with Crippen LogP contribution in [0.3, 0.4) is 0 Å². The van der Waals surface area contributed by atoms with Gasteiger partial charge in [0.25, 0.3) is 5.91 Å². The molecule has 1 aromatic carbocycles. The van der Waals surface area contributed by atoms with E-state index >= 15 is 0 Å². The second-order valence-corrected chi connectivity index (χ2v) is 9.83. The molecule has 0 saturated heterocycles. The van der Waals surface area contributed by atoms with E-state index in [9.17, 15) is 19.6 Å². The number of aromatic nitrogens is 4. The van der Waals surface area contributed by atoms with Gasteiger partial charge in [-0.3, -0.25) is 9.78 Å². The maximum Gasteiger partial charge on any atom is 0.255 e. The lowest BCUT2D eigenvalue weighted by atomic mass is 10.0. The first-order valence-electron chi connectivity index (χ1n) is 12.4. The molecule has 0 aliphatic carbocycles. The van der Waals surface area contributed by atoms with Crippen molar-refractivity contribution < 1.29 is 18.7 Å². The van der Waals surface area contributed by atoms with Crippen molar-refractivity contribution in [3.05, 3.63) is 84.1 Å². The van der Waals surface area contributed by atoms with Crippen molar-refractivity contribution in [2.45, 2.75) is 32.5 Å². The summed E-state index contributed by atoms with van der Waals surface area (Å²) in [4.78, 5) is 21.7. The van der Waals surface area contributed by atoms with E-state index in [0.29, 0.717) is 39.6 Å². The predicted octanol–water partition coefficient (Wildman–Crippen LogP) is 4.81. The number of alkyl halides is 1. The summed E-state index contributed by atoms with van der Waals surface area (Å²) in [5.74, 6) is 0.108. The van der Waals surface area contributed by atoms with E-state index in [0.717, 1.165) is 11.3 Å². The number of nitriles is 1. The zero-order valence-electron chi connectivity index (χ0n) is 22.0. The van der Waals surface area contributed by atoms with Gasteiger partial charge in [0.15, 0.2) is 12.2 Å². The predicted molar refractivity (Wildman–Crippen MR) is 147 cm³/mol. The highest BCUT2D eigenvalue weighted by molar-refractivity contribution is 6.00. The molecule has 5 rings (SSSR count). The maximum atomic E-state index is 14.3. The summed E-state index contributed by atoms with van der Waals surface area (Å²) in [6.45, 7) is 4.16. The van der Waals surface area contributed by atoms with Gasteiger partial charge < -0.3 is 20.2 Å². The summed E-state index contributed by atoms with van der Waals surface area (Å²) in [6, 6.07) is 16.5. The van der Waals surface area contributed by atoms with Gasteiger partial charge in [-0.2, -0.15) is 10.4 Å². The van der Waals surface area contributed by atoms with Crippen LogP contribution in [0.4, 0.5) is 15.8 Å². The summed E-state index contributed by atoms with van der Waals surface area (Å²) in [6.07, 6.45) is 2.59. The standard InChI is InChI=1S/C29H26FN7O3/c1-17-27(40-16-34-17)19-4-6-20(7-5-19)36-23-11-24(25-9-8-21-10-18(12-31)13-35-37(21)25)32-14-22(23)28(38)33-15-26(30)29(2,3)39/h4-11,13-14,16,26,39H,15H2,1-3H3,(H,32,36)(H,33,38)/t26-/m1/s1. The molecule has 0 spiro atoms. The molecule has 0 saturated carbocycles. The van der Waals surface area contributed by atoms with Gasteiger partial charge in [-0.15, -0.1) is 0 Å². The molecule has 0 unspecified atom stereocenters. The number of aliphatic hydroxyl groups is 1. The summed E-state index contributed by atoms with van der Waals surface area (Å²) < 4.78 is 21.5. The lowest BCUT2D eigenvalue weighted by Crippen LogP contribution is -2.42. The van der Waals surface area contributed by atoms with Gasteiger partial charge >= 0.3 is 0 Å². The molecule has 0 radical (unpaired) electrons. The van der Waals surface area contributed by atoms with Crippen LogP contribution >= 0.6 is 0 Å². The number of rotatable bonds is 8. The zero-order valence-corrected chi connectivity index (χ0v) is 22.0. The lowest BCUT2D eigenvalue weighted by molar-refractivity contribution is -0.00177. The molecule has 0 aliphatic heterocycles. The molecule has 3 N–H and O–H groups in total. The fourth-order valence-electron chi connectivity index (χ4n) is 4.10. The molecule has 11 heteroatoms. The highest BCUT2D eigenvalue weighted by Gasteiger charge is 2.27. The van der Waals surface area contributed by atoms with Gasteiger partial charge in [0.1, 0.15) is 12.2 Å². The van der Waals surface area contributed by atoms with Gasteiger partial charge in [0.05, 0.1) is 57.8 Å². The summed E-state index contributed by atoms with van der Waals surface area (Å²) in [5, 5.41) is 29.2. The van der Waals surface area contributed by atoms with Gasteiger partial charge in [-0.25, -0.2) is 13.9 Å². The van der Waals surface area contributed by atoms with Crippen LogP contribution in [0.25, 0.3) is 28.2 Å². The van der Waals surface area contributed by atoms with Crippen molar-refractivity contribution in [2.75, 3.05) is 11.9 Å². The van der Waals surface area contributed by atoms with E-state index in [1.807, 2.05) is 43.3 Å². The maximum absolute atomic E-state index is 14.3. The third-order valence-electron chi connectivity index (χ3n) is 6.42. The number of nitrogens with zero attached hydrogens (tertiary/aromatic N) is 5. The molecule has 5 aromatic rings. The number of carbonyl (C=O) groups excluding carboxylic acids is 1. The average molecular weight is 540 g/mol. The summed E-state index contributed by atoms with van der Waals surface area (Å²) in [7, 11) is 0. The number of carbonyl (C=O) groups is 1. The van der Waals surface area contributed by atoms with Crippen LogP contribution in [0.5, 0.6) is 0 Å². The van der Waals surface area contributed by atoms with Crippen molar-refractivity contribution >= 4 is 22.8 Å². The van der Waals surface area contributed by atoms with Gasteiger partial charge in [0, 0.05) is 17.4 Å². The Labute approximate surface area is 229 Å². The van der Waals surface area contributed by atoms with E-state index in [1.165, 1.54) is 32.6 Å². The van der Waals surface area contributed by atoms with Crippen LogP contribution in [-0.4, -0.2) is 48.9 Å². The first-order chi connectivity index (χ1) is 19.1. The number of aryl methyl sites for hydroxylation is 1. The number of nitrogens with one attached hydrogen (secondary N) is 2. The van der Waals surface area contributed by atoms with Gasteiger partial charge in [0.2, 0.25) is 0 Å². The first kappa shape index (κ1) is 26.5. The topological polar surface area (TPSA) is 141 Å². The Balaban J connectivity index is 1.49. The Kier molecular flexibility index (Phi) is 7.02. The Hall–Kier alpha value is -5.08. The van der Waals surface area contributed by atoms with E-state index in [1.54, 1.807) is 16.6 Å². The van der Waals surface area contributed by atoms with Crippen molar-refractivity contribution in [2.24, 2.45) is 0 Å². The highest BCUT2D eigenvalue weighted by atomic mass is 19.1. The number of benzene rings is 1. The molecule has 40 heavy (non-hydrogen) atoms. The number of oxazole rings is 1. The van der Waals surface area contributed by atoms with Crippen LogP contribution in [0.1, 0.15) is 35.5 Å². The van der Waals surface area contributed by atoms with Gasteiger partial charge in [-0.05, 0) is 69.3 Å². The van der Waals surface area contributed by atoms with Crippen LogP contribution < -0.4 is 10.6 Å². The molecule has 4 heterocycles. The molecule has 1 atom stereocenters. The molecular weight excluding hydrogens is 513 g/mol. The van der Waals surface area contributed by atoms with Crippen LogP contribution in [0.2, 0.25) is 0 Å². The normalized spacial score (nSPS) is 12.2. The Morgan fingerprint density at radius 1 is 1.18 bits per heavy atom. The van der Waals surface area contributed by atoms with Gasteiger partial charge in [-0.1, -0.05) is 0 Å². The van der Waals surface area contributed by atoms with Crippen molar-refractivity contribution in [1.82, 2.24) is 24.9 Å². The number of fused-ring (bicyclic) bond motifs is 1. The van der Waals surface area contributed by atoms with Crippen LogP contribution in [0, 0.1) is 18.3 Å². The number of halogens is 1. The van der Waals surface area contributed by atoms with Crippen molar-refractivity contribution in [3.8, 4) is 28.8 Å². The van der Waals surface area contributed by atoms with Crippen molar-refractivity contribution in [1.29, 1.82) is 5.26 Å². The molecule has 202 valence electrons. The number of pyridine rings is 1. The average Bonchev–Trinajstić information content (AvgIpc) is 3.57. The minimum absolute atomic E-state index is 0.183. The quantitative estimate of drug-likeness (QED) is 0.255. The van der Waals surface area contributed by atoms with Crippen molar-refractivity contribution in [3.63, 3.8) is 0 Å². The van der Waals surface area contributed by atoms with E-state index in [-0.39, 0.29) is 12.1 Å². The number of amides is 1. The second kappa shape index (κ2) is 10.6. The fourth-order valence-corrected chi connectivity index (χ4v) is 4.10. The smallest absolute Gasteiger partial charge is 0.255 e. The largest absolute Gasteiger partial charge is 0.443 e. The Bertz CT molecular complexity index is 1730. The third-order valence-corrected chi connectivity index (χ3v) is 6.42. The zero-order chi connectivity index (χ0) is 28.4. The SMILES string of the molecule is Cc1ncoc1-c1ccc(Nc2cc(-c3ccc4cc(C#N)cnn34)ncc2C(=O)NC[C@@H](F)C(C)(C)O)cc1. The minimum atomic E-state index is -1.66. The first-order valence-corrected chi connectivity index (χ1v) is 12.4. The summed E-state index contributed by atoms with van der Waals surface area (Å²) in [5.41, 5.74) is 3.62. The second-order valence-electron chi connectivity index (χ2n) is 9.83. The highest BCUT2D eigenvalue weighted by Crippen LogP contribution is 2.29. The lowest BCUT2D eigenvalue weighted by Gasteiger charge is -2.22. The Morgan fingerprint density at radius 2 is 1.95 bits per heavy atom. The molecule has 0 fully saturated rings. The monoisotopic (exact) mass is 539 g/mol.